The predicted molar refractivity (Wildman–Crippen MR) is 59.3 cm³/mol. The summed E-state index contributed by atoms with van der Waals surface area (Å²) in [5.41, 5.74) is 0.553. The Kier molecular flexibility index (Phi) is 3.84. The summed E-state index contributed by atoms with van der Waals surface area (Å²) in [6.45, 7) is 1.66. The van der Waals surface area contributed by atoms with E-state index in [9.17, 15) is 9.00 Å². The van der Waals surface area contributed by atoms with Crippen LogP contribution in [-0.2, 0) is 10.8 Å². The minimum atomic E-state index is -1.13. The third-order valence-corrected chi connectivity index (χ3v) is 3.46. The molecule has 76 valence electrons. The van der Waals surface area contributed by atoms with Gasteiger partial charge in [0.15, 0.2) is 5.78 Å². The minimum absolute atomic E-state index is 0.109. The maximum absolute atomic E-state index is 11.7. The molecule has 1 rings (SSSR count). The van der Waals surface area contributed by atoms with Gasteiger partial charge in [0, 0.05) is 27.6 Å². The Morgan fingerprint density at radius 2 is 1.86 bits per heavy atom. The molecule has 0 heterocycles. The molecule has 0 spiro atoms. The van der Waals surface area contributed by atoms with Crippen molar-refractivity contribution in [3.05, 3.63) is 34.9 Å². The zero-order chi connectivity index (χ0) is 10.7. The van der Waals surface area contributed by atoms with Crippen molar-refractivity contribution in [1.82, 2.24) is 0 Å². The van der Waals surface area contributed by atoms with E-state index in [1.165, 1.54) is 6.26 Å². The van der Waals surface area contributed by atoms with Gasteiger partial charge in [-0.1, -0.05) is 11.6 Å². The molecule has 4 heteroatoms. The molecule has 0 radical (unpaired) electrons. The molecule has 2 unspecified atom stereocenters. The van der Waals surface area contributed by atoms with Crippen molar-refractivity contribution < 1.29 is 9.00 Å². The smallest absolute Gasteiger partial charge is 0.178 e. The molecule has 0 bridgehead atoms. The normalized spacial score (nSPS) is 14.8. The third kappa shape index (κ3) is 2.66. The second kappa shape index (κ2) is 4.71. The quantitative estimate of drug-likeness (QED) is 0.747. The molecule has 0 aliphatic carbocycles. The second-order valence-electron chi connectivity index (χ2n) is 3.01. The third-order valence-electron chi connectivity index (χ3n) is 2.00. The first-order valence-electron chi connectivity index (χ1n) is 4.14. The minimum Gasteiger partial charge on any atom is -0.293 e. The lowest BCUT2D eigenvalue weighted by Gasteiger charge is -2.06. The van der Waals surface area contributed by atoms with Crippen LogP contribution in [0.3, 0.4) is 0 Å². The number of hydrogen-bond acceptors (Lipinski definition) is 2. The van der Waals surface area contributed by atoms with Gasteiger partial charge in [-0.05, 0) is 31.2 Å². The van der Waals surface area contributed by atoms with Gasteiger partial charge in [0.1, 0.15) is 0 Å². The van der Waals surface area contributed by atoms with E-state index in [0.717, 1.165) is 0 Å². The fourth-order valence-electron chi connectivity index (χ4n) is 1.000. The summed E-state index contributed by atoms with van der Waals surface area (Å²) in [7, 11) is -1.13. The van der Waals surface area contributed by atoms with Crippen LogP contribution in [0, 0.1) is 0 Å². The summed E-state index contributed by atoms with van der Waals surface area (Å²) >= 11 is 5.69. The highest BCUT2D eigenvalue weighted by Crippen LogP contribution is 2.12. The van der Waals surface area contributed by atoms with Crippen molar-refractivity contribution in [3.8, 4) is 0 Å². The zero-order valence-electron chi connectivity index (χ0n) is 7.99. The highest BCUT2D eigenvalue weighted by Gasteiger charge is 2.17. The summed E-state index contributed by atoms with van der Waals surface area (Å²) < 4.78 is 11.1. The van der Waals surface area contributed by atoms with Gasteiger partial charge in [0.2, 0.25) is 0 Å². The van der Waals surface area contributed by atoms with E-state index in [-0.39, 0.29) is 5.78 Å². The fourth-order valence-corrected chi connectivity index (χ4v) is 1.56. The Bertz CT molecular complexity index is 359. The molecule has 0 aromatic heterocycles. The molecule has 14 heavy (non-hydrogen) atoms. The Morgan fingerprint density at radius 3 is 2.29 bits per heavy atom. The second-order valence-corrected chi connectivity index (χ2v) is 5.15. The van der Waals surface area contributed by atoms with Gasteiger partial charge in [0.05, 0.1) is 5.25 Å². The van der Waals surface area contributed by atoms with Crippen LogP contribution in [-0.4, -0.2) is 21.5 Å². The van der Waals surface area contributed by atoms with Crippen LogP contribution >= 0.6 is 11.6 Å². The van der Waals surface area contributed by atoms with E-state index < -0.39 is 16.0 Å². The van der Waals surface area contributed by atoms with E-state index in [1.54, 1.807) is 31.2 Å². The monoisotopic (exact) mass is 230 g/mol. The van der Waals surface area contributed by atoms with E-state index in [1.807, 2.05) is 0 Å². The Hall–Kier alpha value is -0.670. The average Bonchev–Trinajstić information content (AvgIpc) is 2.16. The van der Waals surface area contributed by atoms with Gasteiger partial charge in [-0.2, -0.15) is 0 Å². The molecule has 0 saturated carbocycles. The number of ketones is 1. The molecule has 0 saturated heterocycles. The van der Waals surface area contributed by atoms with Crippen LogP contribution in [0.2, 0.25) is 5.02 Å². The molecule has 2 atom stereocenters. The number of Topliss-reactive ketones (excluding diaryl/α,β-unsaturated/α-hetero) is 1. The summed E-state index contributed by atoms with van der Waals surface area (Å²) in [6, 6.07) is 6.60. The molecular weight excluding hydrogens is 220 g/mol. The molecule has 0 aliphatic rings. The molecule has 1 aromatic carbocycles. The number of carbonyl (C=O) groups is 1. The topological polar surface area (TPSA) is 34.1 Å². The summed E-state index contributed by atoms with van der Waals surface area (Å²) in [6.07, 6.45) is 1.53. The predicted octanol–water partition coefficient (Wildman–Crippen LogP) is 2.29. The van der Waals surface area contributed by atoms with Crippen molar-refractivity contribution in [2.45, 2.75) is 12.2 Å². The van der Waals surface area contributed by atoms with Crippen LogP contribution in [0.1, 0.15) is 17.3 Å². The number of benzene rings is 1. The Labute approximate surface area is 90.7 Å². The zero-order valence-corrected chi connectivity index (χ0v) is 9.56. The lowest BCUT2D eigenvalue weighted by molar-refractivity contribution is 0.0993. The first kappa shape index (κ1) is 11.4. The number of halogens is 1. The first-order chi connectivity index (χ1) is 6.52. The Morgan fingerprint density at radius 1 is 1.36 bits per heavy atom. The lowest BCUT2D eigenvalue weighted by Crippen LogP contribution is -2.21. The average molecular weight is 231 g/mol. The standard InChI is InChI=1S/C10H11ClO2S/c1-7(14(2)13)10(12)8-3-5-9(11)6-4-8/h3-7H,1-2H3. The van der Waals surface area contributed by atoms with Crippen LogP contribution in [0.4, 0.5) is 0 Å². The molecule has 0 N–H and O–H groups in total. The summed E-state index contributed by atoms with van der Waals surface area (Å²) in [4.78, 5) is 11.7. The summed E-state index contributed by atoms with van der Waals surface area (Å²) in [5.74, 6) is -0.109. The lowest BCUT2D eigenvalue weighted by atomic mass is 10.1. The van der Waals surface area contributed by atoms with Crippen molar-refractivity contribution in [2.75, 3.05) is 6.26 Å². The first-order valence-corrected chi connectivity index (χ1v) is 6.14. The van der Waals surface area contributed by atoms with Crippen LogP contribution in [0.5, 0.6) is 0 Å². The van der Waals surface area contributed by atoms with Gasteiger partial charge in [-0.15, -0.1) is 0 Å². The molecule has 2 nitrogen and oxygen atoms in total. The highest BCUT2D eigenvalue weighted by molar-refractivity contribution is 7.85. The fraction of sp³-hybridized carbons (Fsp3) is 0.300. The van der Waals surface area contributed by atoms with E-state index in [0.29, 0.717) is 10.6 Å². The van der Waals surface area contributed by atoms with Crippen molar-refractivity contribution in [3.63, 3.8) is 0 Å². The van der Waals surface area contributed by atoms with Crippen LogP contribution < -0.4 is 0 Å². The van der Waals surface area contributed by atoms with Crippen molar-refractivity contribution in [2.24, 2.45) is 0 Å². The van der Waals surface area contributed by atoms with Crippen molar-refractivity contribution in [1.29, 1.82) is 0 Å². The number of carbonyl (C=O) groups excluding carboxylic acids is 1. The number of rotatable bonds is 3. The largest absolute Gasteiger partial charge is 0.293 e. The molecule has 0 amide bonds. The number of hydrogen-bond donors (Lipinski definition) is 0. The SMILES string of the molecule is CC(C(=O)c1ccc(Cl)cc1)S(C)=O. The van der Waals surface area contributed by atoms with Crippen LogP contribution in [0.15, 0.2) is 24.3 Å². The van der Waals surface area contributed by atoms with Gasteiger partial charge in [0.25, 0.3) is 0 Å². The van der Waals surface area contributed by atoms with Gasteiger partial charge in [-0.3, -0.25) is 9.00 Å². The van der Waals surface area contributed by atoms with Gasteiger partial charge in [-0.25, -0.2) is 0 Å². The van der Waals surface area contributed by atoms with E-state index in [4.69, 9.17) is 11.6 Å². The summed E-state index contributed by atoms with van der Waals surface area (Å²) in [5, 5.41) is 0.128. The highest BCUT2D eigenvalue weighted by atomic mass is 35.5. The molecule has 0 fully saturated rings. The molecule has 0 aliphatic heterocycles. The van der Waals surface area contributed by atoms with Gasteiger partial charge < -0.3 is 0 Å². The van der Waals surface area contributed by atoms with Gasteiger partial charge >= 0.3 is 0 Å². The van der Waals surface area contributed by atoms with Crippen LogP contribution in [0.25, 0.3) is 0 Å². The van der Waals surface area contributed by atoms with E-state index >= 15 is 0 Å². The van der Waals surface area contributed by atoms with Crippen molar-refractivity contribution >= 4 is 28.2 Å². The van der Waals surface area contributed by atoms with E-state index in [2.05, 4.69) is 0 Å². The maximum Gasteiger partial charge on any atom is 0.178 e. The molecule has 1 aromatic rings. The molecular formula is C10H11ClO2S. The Balaban J connectivity index is 2.90. The maximum atomic E-state index is 11.7.